The Labute approximate surface area is 213 Å². The Balaban J connectivity index is 1.50. The number of benzene rings is 2. The Morgan fingerprint density at radius 3 is 2.58 bits per heavy atom. The lowest BCUT2D eigenvalue weighted by molar-refractivity contribution is 0.0714. The van der Waals surface area contributed by atoms with Crippen LogP contribution in [-0.2, 0) is 4.74 Å². The smallest absolute Gasteiger partial charge is 0.414 e. The van der Waals surface area contributed by atoms with E-state index < -0.39 is 30.2 Å². The van der Waals surface area contributed by atoms with Gasteiger partial charge < -0.3 is 30.9 Å². The van der Waals surface area contributed by atoms with Crippen LogP contribution in [0.4, 0.5) is 25.4 Å². The molecule has 0 aromatic heterocycles. The van der Waals surface area contributed by atoms with E-state index in [1.807, 2.05) is 6.07 Å². The summed E-state index contributed by atoms with van der Waals surface area (Å²) in [6.07, 6.45) is -1.73. The number of thiocarbonyl (C=S) groups is 1. The highest BCUT2D eigenvalue weighted by molar-refractivity contribution is 7.80. The van der Waals surface area contributed by atoms with Gasteiger partial charge in [0.1, 0.15) is 18.1 Å². The summed E-state index contributed by atoms with van der Waals surface area (Å²) in [5, 5.41) is 5.56. The molecule has 4 rings (SSSR count). The van der Waals surface area contributed by atoms with Gasteiger partial charge >= 0.3 is 12.1 Å². The number of ether oxygens (including phenoxy) is 1. The molecule has 0 bridgehead atoms. The van der Waals surface area contributed by atoms with E-state index in [2.05, 4.69) is 10.6 Å². The van der Waals surface area contributed by atoms with E-state index in [1.54, 1.807) is 47.1 Å². The monoisotopic (exact) mass is 514 g/mol. The summed E-state index contributed by atoms with van der Waals surface area (Å²) in [5.41, 5.74) is 6.45. The summed E-state index contributed by atoms with van der Waals surface area (Å²) in [6.45, 7) is 3.04. The standard InChI is InChI=1S/C24H27FN6O4S/c1-15(36)27-12-18-13-31(24(34)35-18)17-7-8-20(19(25)11-17)30-10-9-29(14-21(30)28-23(26)33)22(32)16-5-3-2-4-6-16/h2-8,11,18,21H,9-10,12-14H2,1H3,(H,27,36)(H3,26,28,33). The van der Waals surface area contributed by atoms with Crippen LogP contribution in [0, 0.1) is 5.82 Å². The van der Waals surface area contributed by atoms with Gasteiger partial charge in [0.05, 0.1) is 36.0 Å². The number of hydrogen-bond donors (Lipinski definition) is 3. The minimum atomic E-state index is -0.790. The lowest BCUT2D eigenvalue weighted by Gasteiger charge is -2.42. The van der Waals surface area contributed by atoms with E-state index in [-0.39, 0.29) is 31.2 Å². The van der Waals surface area contributed by atoms with Gasteiger partial charge in [0.25, 0.3) is 5.91 Å². The Morgan fingerprint density at radius 2 is 1.92 bits per heavy atom. The first-order chi connectivity index (χ1) is 17.2. The van der Waals surface area contributed by atoms with Crippen molar-refractivity contribution in [3.63, 3.8) is 0 Å². The molecule has 2 aliphatic rings. The predicted molar refractivity (Wildman–Crippen MR) is 136 cm³/mol. The first-order valence-corrected chi connectivity index (χ1v) is 11.8. The molecular formula is C24H27FN6O4S. The summed E-state index contributed by atoms with van der Waals surface area (Å²) in [5.74, 6) is -0.779. The normalized spacial score (nSPS) is 19.6. The Kier molecular flexibility index (Phi) is 7.53. The molecule has 0 spiro atoms. The van der Waals surface area contributed by atoms with Gasteiger partial charge in [0, 0.05) is 18.7 Å². The zero-order valence-corrected chi connectivity index (χ0v) is 20.5. The summed E-state index contributed by atoms with van der Waals surface area (Å²) in [6, 6.07) is 12.4. The van der Waals surface area contributed by atoms with Gasteiger partial charge in [0.2, 0.25) is 0 Å². The fraction of sp³-hybridized carbons (Fsp3) is 0.333. The molecule has 2 heterocycles. The Bertz CT molecular complexity index is 1170. The first-order valence-electron chi connectivity index (χ1n) is 11.4. The summed E-state index contributed by atoms with van der Waals surface area (Å²) >= 11 is 4.98. The van der Waals surface area contributed by atoms with Crippen molar-refractivity contribution in [1.29, 1.82) is 0 Å². The van der Waals surface area contributed by atoms with Gasteiger partial charge in [-0.25, -0.2) is 14.0 Å². The minimum absolute atomic E-state index is 0.115. The average molecular weight is 515 g/mol. The first kappa shape index (κ1) is 25.2. The maximum atomic E-state index is 15.3. The quantitative estimate of drug-likeness (QED) is 0.505. The number of halogens is 1. The van der Waals surface area contributed by atoms with Crippen LogP contribution < -0.4 is 26.2 Å². The topological polar surface area (TPSA) is 120 Å². The number of nitrogens with two attached hydrogens (primary N) is 1. The molecule has 2 aliphatic heterocycles. The third-order valence-electron chi connectivity index (χ3n) is 6.00. The van der Waals surface area contributed by atoms with Gasteiger partial charge in [-0.1, -0.05) is 30.4 Å². The van der Waals surface area contributed by atoms with E-state index in [4.69, 9.17) is 22.7 Å². The minimum Gasteiger partial charge on any atom is -0.442 e. The van der Waals surface area contributed by atoms with Crippen molar-refractivity contribution in [3.05, 3.63) is 59.9 Å². The molecule has 2 unspecified atom stereocenters. The van der Waals surface area contributed by atoms with Crippen LogP contribution >= 0.6 is 12.2 Å². The lowest BCUT2D eigenvalue weighted by atomic mass is 10.1. The number of nitrogens with zero attached hydrogens (tertiary/aromatic N) is 3. The summed E-state index contributed by atoms with van der Waals surface area (Å²) in [7, 11) is 0. The number of nitrogens with one attached hydrogen (secondary N) is 2. The second-order valence-electron chi connectivity index (χ2n) is 8.52. The van der Waals surface area contributed by atoms with Crippen molar-refractivity contribution in [1.82, 2.24) is 15.5 Å². The van der Waals surface area contributed by atoms with Crippen molar-refractivity contribution in [3.8, 4) is 0 Å². The van der Waals surface area contributed by atoms with Gasteiger partial charge in [-0.15, -0.1) is 0 Å². The maximum Gasteiger partial charge on any atom is 0.414 e. The van der Waals surface area contributed by atoms with Crippen LogP contribution in [0.25, 0.3) is 0 Å². The van der Waals surface area contributed by atoms with E-state index >= 15 is 4.39 Å². The zero-order valence-electron chi connectivity index (χ0n) is 19.6. The fourth-order valence-electron chi connectivity index (χ4n) is 4.30. The number of carbonyl (C=O) groups excluding carboxylic acids is 3. The molecule has 0 saturated carbocycles. The molecule has 36 heavy (non-hydrogen) atoms. The number of cyclic esters (lactones) is 1. The number of piperazine rings is 1. The van der Waals surface area contributed by atoms with Crippen molar-refractivity contribution in [2.75, 3.05) is 42.5 Å². The number of hydrogen-bond acceptors (Lipinski definition) is 6. The van der Waals surface area contributed by atoms with Crippen molar-refractivity contribution < 1.29 is 23.5 Å². The van der Waals surface area contributed by atoms with Crippen LogP contribution in [0.15, 0.2) is 48.5 Å². The van der Waals surface area contributed by atoms with E-state index in [0.717, 1.165) is 0 Å². The van der Waals surface area contributed by atoms with Crippen LogP contribution in [0.5, 0.6) is 0 Å². The van der Waals surface area contributed by atoms with Crippen LogP contribution in [0.3, 0.4) is 0 Å². The number of rotatable bonds is 6. The van der Waals surface area contributed by atoms with Crippen molar-refractivity contribution in [2.45, 2.75) is 19.2 Å². The molecule has 10 nitrogen and oxygen atoms in total. The predicted octanol–water partition coefficient (Wildman–Crippen LogP) is 2.04. The highest BCUT2D eigenvalue weighted by Crippen LogP contribution is 2.30. The Hall–Kier alpha value is -3.93. The molecule has 2 fully saturated rings. The highest BCUT2D eigenvalue weighted by atomic mass is 32.1. The number of anilines is 2. The molecular weight excluding hydrogens is 487 g/mol. The molecule has 2 aromatic rings. The third kappa shape index (κ3) is 5.65. The summed E-state index contributed by atoms with van der Waals surface area (Å²) in [4.78, 5) is 42.1. The van der Waals surface area contributed by atoms with Crippen molar-refractivity contribution >= 4 is 46.6 Å². The maximum absolute atomic E-state index is 15.3. The van der Waals surface area contributed by atoms with E-state index in [1.165, 1.54) is 17.0 Å². The molecule has 4 N–H and O–H groups in total. The van der Waals surface area contributed by atoms with Crippen LogP contribution in [0.2, 0.25) is 0 Å². The molecule has 2 saturated heterocycles. The molecule has 190 valence electrons. The van der Waals surface area contributed by atoms with Gasteiger partial charge in [0.15, 0.2) is 0 Å². The SMILES string of the molecule is CC(=S)NCC1CN(c2ccc(N3CCN(C(=O)c4ccccc4)CC3NC(N)=O)c(F)c2)C(=O)O1. The molecule has 4 amide bonds. The van der Waals surface area contributed by atoms with Gasteiger partial charge in [-0.05, 0) is 37.3 Å². The number of urea groups is 1. The second kappa shape index (κ2) is 10.8. The van der Waals surface area contributed by atoms with E-state index in [9.17, 15) is 14.4 Å². The van der Waals surface area contributed by atoms with E-state index in [0.29, 0.717) is 29.3 Å². The molecule has 0 radical (unpaired) electrons. The fourth-order valence-corrected chi connectivity index (χ4v) is 4.38. The Morgan fingerprint density at radius 1 is 1.17 bits per heavy atom. The zero-order chi connectivity index (χ0) is 25.8. The third-order valence-corrected chi connectivity index (χ3v) is 6.15. The summed E-state index contributed by atoms with van der Waals surface area (Å²) < 4.78 is 20.7. The van der Waals surface area contributed by atoms with Crippen LogP contribution in [0.1, 0.15) is 17.3 Å². The average Bonchev–Trinajstić information content (AvgIpc) is 3.23. The molecule has 2 atom stereocenters. The van der Waals surface area contributed by atoms with Gasteiger partial charge in [-0.3, -0.25) is 9.69 Å². The number of carbonyl (C=O) groups is 3. The number of amides is 4. The van der Waals surface area contributed by atoms with Crippen LogP contribution in [-0.4, -0.2) is 72.9 Å². The highest BCUT2D eigenvalue weighted by Gasteiger charge is 2.35. The van der Waals surface area contributed by atoms with Crippen molar-refractivity contribution in [2.24, 2.45) is 5.73 Å². The molecule has 12 heteroatoms. The molecule has 0 aliphatic carbocycles. The molecule has 2 aromatic carbocycles. The lowest BCUT2D eigenvalue weighted by Crippen LogP contribution is -2.62. The number of primary amides is 1. The van der Waals surface area contributed by atoms with Gasteiger partial charge in [-0.2, -0.15) is 0 Å². The second-order valence-corrected chi connectivity index (χ2v) is 9.14. The largest absolute Gasteiger partial charge is 0.442 e.